The van der Waals surface area contributed by atoms with Gasteiger partial charge in [-0.3, -0.25) is 4.79 Å². The Bertz CT molecular complexity index is 986. The Morgan fingerprint density at radius 2 is 1.92 bits per heavy atom. The number of nitrogens with zero attached hydrogens (tertiary/aromatic N) is 2. The minimum Gasteiger partial charge on any atom is -0.316 e. The van der Waals surface area contributed by atoms with Gasteiger partial charge in [-0.1, -0.05) is 36.5 Å². The number of fused-ring (bicyclic) bond motifs is 1. The maximum absolute atomic E-state index is 12.8. The lowest BCUT2D eigenvalue weighted by atomic mass is 10.1. The molecule has 1 amide bonds. The second-order valence-electron chi connectivity index (χ2n) is 5.50. The van der Waals surface area contributed by atoms with Gasteiger partial charge in [0.15, 0.2) is 4.80 Å². The van der Waals surface area contributed by atoms with Crippen molar-refractivity contribution in [3.63, 3.8) is 0 Å². The zero-order valence-corrected chi connectivity index (χ0v) is 14.2. The second kappa shape index (κ2) is 6.84. The van der Waals surface area contributed by atoms with Crippen LogP contribution < -0.4 is 4.80 Å². The molecular formula is C18H15F3N2OS. The van der Waals surface area contributed by atoms with Gasteiger partial charge in [-0.25, -0.2) is 0 Å². The van der Waals surface area contributed by atoms with Crippen LogP contribution in [0.15, 0.2) is 53.5 Å². The number of hydrogen-bond acceptors (Lipinski definition) is 2. The molecule has 0 saturated heterocycles. The van der Waals surface area contributed by atoms with Crippen LogP contribution in [0.3, 0.4) is 0 Å². The van der Waals surface area contributed by atoms with Crippen LogP contribution in [0.4, 0.5) is 13.2 Å². The molecule has 0 aliphatic heterocycles. The Kier molecular flexibility index (Phi) is 4.76. The maximum atomic E-state index is 12.8. The van der Waals surface area contributed by atoms with Crippen molar-refractivity contribution in [1.29, 1.82) is 0 Å². The summed E-state index contributed by atoms with van der Waals surface area (Å²) in [6, 6.07) is 12.0. The molecule has 1 aromatic heterocycles. The first-order chi connectivity index (χ1) is 11.9. The number of thiazole rings is 1. The second-order valence-corrected chi connectivity index (χ2v) is 6.51. The summed E-state index contributed by atoms with van der Waals surface area (Å²) < 4.78 is 41.4. The molecule has 7 heteroatoms. The molecule has 3 rings (SSSR count). The minimum absolute atomic E-state index is 0.0738. The first-order valence-electron chi connectivity index (χ1n) is 7.75. The Balaban J connectivity index is 2.08. The largest absolute Gasteiger partial charge is 0.416 e. The molecule has 0 saturated carbocycles. The number of aryl methyl sites for hydroxylation is 1. The number of amides is 1. The predicted octanol–water partition coefficient (Wildman–Crippen LogP) is 4.87. The number of hydrogen-bond donors (Lipinski definition) is 0. The zero-order valence-electron chi connectivity index (χ0n) is 13.4. The Morgan fingerprint density at radius 3 is 2.64 bits per heavy atom. The SMILES string of the molecule is CCCn1c(=NC(=O)c2cccc(C(F)(F)F)c2)sc2ccccc21. The van der Waals surface area contributed by atoms with Crippen molar-refractivity contribution >= 4 is 27.5 Å². The van der Waals surface area contributed by atoms with Gasteiger partial charge in [-0.2, -0.15) is 18.2 Å². The first kappa shape index (κ1) is 17.4. The molecule has 3 nitrogen and oxygen atoms in total. The van der Waals surface area contributed by atoms with E-state index in [1.54, 1.807) is 0 Å². The fraction of sp³-hybridized carbons (Fsp3) is 0.222. The normalized spacial score (nSPS) is 12.7. The highest BCUT2D eigenvalue weighted by molar-refractivity contribution is 7.16. The highest BCUT2D eigenvalue weighted by Crippen LogP contribution is 2.29. The quantitative estimate of drug-likeness (QED) is 0.653. The summed E-state index contributed by atoms with van der Waals surface area (Å²) in [5.74, 6) is -0.678. The summed E-state index contributed by atoms with van der Waals surface area (Å²) in [6.07, 6.45) is -3.64. The fourth-order valence-corrected chi connectivity index (χ4v) is 3.58. The van der Waals surface area contributed by atoms with Crippen molar-refractivity contribution in [2.45, 2.75) is 26.1 Å². The van der Waals surface area contributed by atoms with E-state index in [-0.39, 0.29) is 5.56 Å². The molecule has 130 valence electrons. The van der Waals surface area contributed by atoms with Crippen molar-refractivity contribution < 1.29 is 18.0 Å². The molecule has 25 heavy (non-hydrogen) atoms. The minimum atomic E-state index is -4.49. The summed E-state index contributed by atoms with van der Waals surface area (Å²) in [7, 11) is 0. The van der Waals surface area contributed by atoms with Crippen molar-refractivity contribution in [1.82, 2.24) is 4.57 Å². The van der Waals surface area contributed by atoms with E-state index in [0.717, 1.165) is 28.8 Å². The fourth-order valence-electron chi connectivity index (χ4n) is 2.53. The molecule has 1 heterocycles. The van der Waals surface area contributed by atoms with E-state index < -0.39 is 17.6 Å². The average molecular weight is 364 g/mol. The summed E-state index contributed by atoms with van der Waals surface area (Å²) in [6.45, 7) is 2.69. The molecule has 0 radical (unpaired) electrons. The van der Waals surface area contributed by atoms with Gasteiger partial charge in [-0.15, -0.1) is 0 Å². The lowest BCUT2D eigenvalue weighted by Gasteiger charge is -2.07. The van der Waals surface area contributed by atoms with Crippen molar-refractivity contribution in [2.75, 3.05) is 0 Å². The zero-order chi connectivity index (χ0) is 18.0. The highest BCUT2D eigenvalue weighted by Gasteiger charge is 2.30. The number of carbonyl (C=O) groups is 1. The molecule has 0 aliphatic rings. The van der Waals surface area contributed by atoms with Gasteiger partial charge in [0.1, 0.15) is 0 Å². The van der Waals surface area contributed by atoms with Crippen LogP contribution in [-0.2, 0) is 12.7 Å². The van der Waals surface area contributed by atoms with E-state index >= 15 is 0 Å². The smallest absolute Gasteiger partial charge is 0.316 e. The molecule has 0 fully saturated rings. The first-order valence-corrected chi connectivity index (χ1v) is 8.56. The number of halogens is 3. The van der Waals surface area contributed by atoms with E-state index in [4.69, 9.17) is 0 Å². The molecule has 0 spiro atoms. The number of carbonyl (C=O) groups excluding carboxylic acids is 1. The summed E-state index contributed by atoms with van der Waals surface area (Å²) in [5.41, 5.74) is 0.0339. The number of aromatic nitrogens is 1. The summed E-state index contributed by atoms with van der Waals surface area (Å²) in [4.78, 5) is 17.0. The van der Waals surface area contributed by atoms with Crippen LogP contribution in [0.25, 0.3) is 10.2 Å². The van der Waals surface area contributed by atoms with Crippen LogP contribution in [0, 0.1) is 0 Å². The molecule has 0 aliphatic carbocycles. The standard InChI is InChI=1S/C18H15F3N2OS/c1-2-10-23-14-8-3-4-9-15(14)25-17(23)22-16(24)12-6-5-7-13(11-12)18(19,20)21/h3-9,11H,2,10H2,1H3. The van der Waals surface area contributed by atoms with Gasteiger partial charge >= 0.3 is 6.18 Å². The van der Waals surface area contributed by atoms with Crippen molar-refractivity contribution in [3.8, 4) is 0 Å². The van der Waals surface area contributed by atoms with Crippen molar-refractivity contribution in [3.05, 3.63) is 64.5 Å². The topological polar surface area (TPSA) is 34.4 Å². The lowest BCUT2D eigenvalue weighted by Crippen LogP contribution is -2.17. The van der Waals surface area contributed by atoms with Crippen LogP contribution in [-0.4, -0.2) is 10.5 Å². The molecule has 3 aromatic rings. The predicted molar refractivity (Wildman–Crippen MR) is 91.4 cm³/mol. The van der Waals surface area contributed by atoms with Gasteiger partial charge in [0, 0.05) is 12.1 Å². The molecule has 0 unspecified atom stereocenters. The maximum Gasteiger partial charge on any atom is 0.416 e. The van der Waals surface area contributed by atoms with Gasteiger partial charge in [0.2, 0.25) is 0 Å². The van der Waals surface area contributed by atoms with Gasteiger partial charge in [0.25, 0.3) is 5.91 Å². The van der Waals surface area contributed by atoms with Gasteiger partial charge in [0.05, 0.1) is 15.8 Å². The number of benzene rings is 2. The van der Waals surface area contributed by atoms with Crippen LogP contribution >= 0.6 is 11.3 Å². The Hall–Kier alpha value is -2.41. The summed E-state index contributed by atoms with van der Waals surface area (Å²) in [5, 5.41) is 0. The third-order valence-corrected chi connectivity index (χ3v) is 4.73. The Labute approximate surface area is 146 Å². The monoisotopic (exact) mass is 364 g/mol. The molecule has 0 atom stereocenters. The number of rotatable bonds is 3. The van der Waals surface area contributed by atoms with Crippen LogP contribution in [0.2, 0.25) is 0 Å². The molecule has 2 aromatic carbocycles. The third-order valence-electron chi connectivity index (χ3n) is 3.67. The molecular weight excluding hydrogens is 349 g/mol. The Morgan fingerprint density at radius 1 is 1.16 bits per heavy atom. The van der Waals surface area contributed by atoms with E-state index in [1.807, 2.05) is 35.8 Å². The average Bonchev–Trinajstić information content (AvgIpc) is 2.92. The molecule has 0 N–H and O–H groups in total. The number of alkyl halides is 3. The van der Waals surface area contributed by atoms with E-state index in [9.17, 15) is 18.0 Å². The van der Waals surface area contributed by atoms with Crippen LogP contribution in [0.1, 0.15) is 29.3 Å². The van der Waals surface area contributed by atoms with Crippen LogP contribution in [0.5, 0.6) is 0 Å². The highest BCUT2D eigenvalue weighted by atomic mass is 32.1. The lowest BCUT2D eigenvalue weighted by molar-refractivity contribution is -0.137. The van der Waals surface area contributed by atoms with E-state index in [0.29, 0.717) is 11.3 Å². The van der Waals surface area contributed by atoms with Gasteiger partial charge in [-0.05, 0) is 36.8 Å². The third kappa shape index (κ3) is 3.66. The molecule has 0 bridgehead atoms. The van der Waals surface area contributed by atoms with E-state index in [2.05, 4.69) is 4.99 Å². The van der Waals surface area contributed by atoms with Crippen molar-refractivity contribution in [2.24, 2.45) is 4.99 Å². The van der Waals surface area contributed by atoms with E-state index in [1.165, 1.54) is 23.5 Å². The van der Waals surface area contributed by atoms with Gasteiger partial charge < -0.3 is 4.57 Å². The number of para-hydroxylation sites is 1. The summed E-state index contributed by atoms with van der Waals surface area (Å²) >= 11 is 1.35.